The molecule has 0 saturated heterocycles. The highest BCUT2D eigenvalue weighted by Gasteiger charge is 2.14. The van der Waals surface area contributed by atoms with Crippen LogP contribution in [0.1, 0.15) is 21.5 Å². The number of benzene rings is 2. The molecule has 0 aliphatic carbocycles. The van der Waals surface area contributed by atoms with Gasteiger partial charge in [-0.2, -0.15) is 0 Å². The van der Waals surface area contributed by atoms with E-state index in [9.17, 15) is 18.4 Å². The van der Waals surface area contributed by atoms with E-state index in [-0.39, 0.29) is 18.7 Å². The predicted molar refractivity (Wildman–Crippen MR) is 134 cm³/mol. The molecule has 0 atom stereocenters. The van der Waals surface area contributed by atoms with Gasteiger partial charge in [0.15, 0.2) is 11.6 Å². The second-order valence-corrected chi connectivity index (χ2v) is 8.61. The van der Waals surface area contributed by atoms with E-state index in [0.717, 1.165) is 34.2 Å². The number of carbonyl (C=O) groups excluding carboxylic acids is 1. The average molecular weight is 505 g/mol. The molecule has 36 heavy (non-hydrogen) atoms. The van der Waals surface area contributed by atoms with Crippen LogP contribution in [0.4, 0.5) is 8.78 Å². The second kappa shape index (κ2) is 9.75. The number of H-pyrrole nitrogens is 1. The summed E-state index contributed by atoms with van der Waals surface area (Å²) in [6, 6.07) is 15.7. The fraction of sp³-hybridized carbons (Fsp3) is 0.0741. The zero-order valence-corrected chi connectivity index (χ0v) is 19.5. The number of aromatic nitrogens is 3. The Hall–Kier alpha value is -4.30. The van der Waals surface area contributed by atoms with Gasteiger partial charge in [-0.05, 0) is 53.1 Å². The Balaban J connectivity index is 1.33. The maximum absolute atomic E-state index is 13.5. The third-order valence-electron chi connectivity index (χ3n) is 5.82. The van der Waals surface area contributed by atoms with Crippen LogP contribution < -0.4 is 10.9 Å². The molecule has 0 spiro atoms. The van der Waals surface area contributed by atoms with Crippen LogP contribution in [0.3, 0.4) is 0 Å². The van der Waals surface area contributed by atoms with Gasteiger partial charge in [0.1, 0.15) is 11.2 Å². The van der Waals surface area contributed by atoms with Crippen molar-refractivity contribution in [3.05, 3.63) is 123 Å². The van der Waals surface area contributed by atoms with Gasteiger partial charge < -0.3 is 14.9 Å². The molecule has 180 valence electrons. The van der Waals surface area contributed by atoms with Gasteiger partial charge in [-0.25, -0.2) is 13.8 Å². The van der Waals surface area contributed by atoms with E-state index in [1.165, 1.54) is 22.9 Å². The quantitative estimate of drug-likeness (QED) is 0.329. The summed E-state index contributed by atoms with van der Waals surface area (Å²) < 4.78 is 28.0. The average Bonchev–Trinajstić information content (AvgIpc) is 3.32. The van der Waals surface area contributed by atoms with Crippen molar-refractivity contribution in [2.45, 2.75) is 13.1 Å². The number of carbonyl (C=O) groups is 1. The zero-order chi connectivity index (χ0) is 25.2. The summed E-state index contributed by atoms with van der Waals surface area (Å²) in [6.45, 7) is 0.194. The number of hydrogen-bond acceptors (Lipinski definition) is 3. The van der Waals surface area contributed by atoms with Crippen molar-refractivity contribution in [1.29, 1.82) is 0 Å². The van der Waals surface area contributed by atoms with E-state index < -0.39 is 23.1 Å². The molecular formula is C27H19ClF2N4O2. The molecule has 5 aromatic rings. The van der Waals surface area contributed by atoms with Crippen molar-refractivity contribution in [2.75, 3.05) is 0 Å². The summed E-state index contributed by atoms with van der Waals surface area (Å²) in [7, 11) is 0. The standard InChI is InChI=1S/C27H19ClF2N4O2/c28-21-8-9-31-25-24(21)20(14-32-25)18-4-1-3-16(11-18)13-33-26(35)19-5-2-10-34(27(19)36)15-17-6-7-22(29)23(30)12-17/h1-12,14H,13,15H2,(H,31,32)(H,33,35). The first kappa shape index (κ1) is 23.4. The van der Waals surface area contributed by atoms with Crippen LogP contribution in [0.2, 0.25) is 5.02 Å². The van der Waals surface area contributed by atoms with Crippen molar-refractivity contribution in [3.63, 3.8) is 0 Å². The van der Waals surface area contributed by atoms with Gasteiger partial charge in [-0.15, -0.1) is 0 Å². The lowest BCUT2D eigenvalue weighted by Gasteiger charge is -2.10. The van der Waals surface area contributed by atoms with Gasteiger partial charge in [-0.1, -0.05) is 35.9 Å². The van der Waals surface area contributed by atoms with E-state index >= 15 is 0 Å². The fourth-order valence-electron chi connectivity index (χ4n) is 4.04. The SMILES string of the molecule is O=C(NCc1cccc(-c2c[nH]c3nccc(Cl)c23)c1)c1cccn(Cc2ccc(F)c(F)c2)c1=O. The van der Waals surface area contributed by atoms with Gasteiger partial charge in [-0.3, -0.25) is 9.59 Å². The number of aromatic amines is 1. The molecule has 5 rings (SSSR count). The minimum absolute atomic E-state index is 0.00123. The summed E-state index contributed by atoms with van der Waals surface area (Å²) in [6.07, 6.45) is 4.96. The second-order valence-electron chi connectivity index (χ2n) is 8.21. The lowest BCUT2D eigenvalue weighted by molar-refractivity contribution is 0.0949. The van der Waals surface area contributed by atoms with Gasteiger partial charge in [0.25, 0.3) is 11.5 Å². The molecule has 2 N–H and O–H groups in total. The molecular weight excluding hydrogens is 486 g/mol. The largest absolute Gasteiger partial charge is 0.348 e. The molecule has 0 fully saturated rings. The maximum Gasteiger partial charge on any atom is 0.263 e. The van der Waals surface area contributed by atoms with Crippen LogP contribution in [0.25, 0.3) is 22.2 Å². The predicted octanol–water partition coefficient (Wildman–Crippen LogP) is 5.30. The summed E-state index contributed by atoms with van der Waals surface area (Å²) in [5.41, 5.74) is 3.11. The lowest BCUT2D eigenvalue weighted by Crippen LogP contribution is -2.32. The number of rotatable bonds is 6. The van der Waals surface area contributed by atoms with Crippen LogP contribution in [0.15, 0.2) is 84.0 Å². The molecule has 0 radical (unpaired) electrons. The third-order valence-corrected chi connectivity index (χ3v) is 6.13. The Labute approximate surface area is 209 Å². The topological polar surface area (TPSA) is 79.8 Å². The van der Waals surface area contributed by atoms with Gasteiger partial charge in [0, 0.05) is 36.1 Å². The van der Waals surface area contributed by atoms with E-state index in [1.54, 1.807) is 18.3 Å². The van der Waals surface area contributed by atoms with Crippen LogP contribution in [-0.2, 0) is 13.1 Å². The molecule has 6 nitrogen and oxygen atoms in total. The molecule has 1 amide bonds. The van der Waals surface area contributed by atoms with Gasteiger partial charge in [0.05, 0.1) is 11.6 Å². The van der Waals surface area contributed by atoms with E-state index in [0.29, 0.717) is 16.2 Å². The molecule has 3 aromatic heterocycles. The zero-order valence-electron chi connectivity index (χ0n) is 18.8. The summed E-state index contributed by atoms with van der Waals surface area (Å²) >= 11 is 6.37. The van der Waals surface area contributed by atoms with Crippen LogP contribution >= 0.6 is 11.6 Å². The first-order chi connectivity index (χ1) is 17.4. The number of nitrogens with one attached hydrogen (secondary N) is 2. The van der Waals surface area contributed by atoms with E-state index in [4.69, 9.17) is 11.6 Å². The normalized spacial score (nSPS) is 11.1. The van der Waals surface area contributed by atoms with E-state index in [2.05, 4.69) is 15.3 Å². The number of amides is 1. The van der Waals surface area contributed by atoms with Crippen LogP contribution in [-0.4, -0.2) is 20.4 Å². The van der Waals surface area contributed by atoms with E-state index in [1.807, 2.05) is 30.5 Å². The molecule has 0 saturated carbocycles. The maximum atomic E-state index is 13.5. The van der Waals surface area contributed by atoms with Gasteiger partial charge in [0.2, 0.25) is 0 Å². The molecule has 9 heteroatoms. The Morgan fingerprint density at radius 1 is 1.03 bits per heavy atom. The monoisotopic (exact) mass is 504 g/mol. The highest BCUT2D eigenvalue weighted by atomic mass is 35.5. The number of fused-ring (bicyclic) bond motifs is 1. The Kier molecular flexibility index (Phi) is 6.35. The van der Waals surface area contributed by atoms with Crippen molar-refractivity contribution < 1.29 is 13.6 Å². The number of hydrogen-bond donors (Lipinski definition) is 2. The molecule has 0 bridgehead atoms. The van der Waals surface area contributed by atoms with Crippen molar-refractivity contribution >= 4 is 28.5 Å². The fourth-order valence-corrected chi connectivity index (χ4v) is 4.29. The highest BCUT2D eigenvalue weighted by Crippen LogP contribution is 2.33. The Morgan fingerprint density at radius 3 is 2.72 bits per heavy atom. The molecule has 3 heterocycles. The Bertz CT molecular complexity index is 1660. The van der Waals surface area contributed by atoms with Crippen molar-refractivity contribution in [3.8, 4) is 11.1 Å². The van der Waals surface area contributed by atoms with Crippen molar-refractivity contribution in [1.82, 2.24) is 19.9 Å². The smallest absolute Gasteiger partial charge is 0.263 e. The van der Waals surface area contributed by atoms with Crippen LogP contribution in [0.5, 0.6) is 0 Å². The molecule has 0 unspecified atom stereocenters. The van der Waals surface area contributed by atoms with Crippen molar-refractivity contribution in [2.24, 2.45) is 0 Å². The van der Waals surface area contributed by atoms with Crippen LogP contribution in [0, 0.1) is 11.6 Å². The van der Waals surface area contributed by atoms with Gasteiger partial charge >= 0.3 is 0 Å². The number of pyridine rings is 2. The first-order valence-corrected chi connectivity index (χ1v) is 11.4. The molecule has 0 aliphatic rings. The highest BCUT2D eigenvalue weighted by molar-refractivity contribution is 6.36. The number of halogens is 3. The summed E-state index contributed by atoms with van der Waals surface area (Å²) in [4.78, 5) is 33.1. The number of nitrogens with zero attached hydrogens (tertiary/aromatic N) is 2. The lowest BCUT2D eigenvalue weighted by atomic mass is 10.0. The minimum atomic E-state index is -0.997. The third kappa shape index (κ3) is 4.63. The minimum Gasteiger partial charge on any atom is -0.348 e. The summed E-state index contributed by atoms with van der Waals surface area (Å²) in [5, 5.41) is 4.17. The molecule has 2 aromatic carbocycles. The molecule has 0 aliphatic heterocycles. The summed E-state index contributed by atoms with van der Waals surface area (Å²) in [5.74, 6) is -2.50. The first-order valence-electron chi connectivity index (χ1n) is 11.0. The Morgan fingerprint density at radius 2 is 1.89 bits per heavy atom.